The topological polar surface area (TPSA) is 52.6 Å². The van der Waals surface area contributed by atoms with Crippen LogP contribution in [0.4, 0.5) is 0 Å². The molecule has 0 rings (SSSR count). The molecule has 0 fully saturated rings. The lowest BCUT2D eigenvalue weighted by Crippen LogP contribution is -2.12. The van der Waals surface area contributed by atoms with Crippen molar-refractivity contribution in [2.45, 2.75) is 130 Å². The number of hydrogen-bond acceptors (Lipinski definition) is 4. The van der Waals surface area contributed by atoms with Crippen molar-refractivity contribution in [3.05, 3.63) is 0 Å². The largest absolute Gasteiger partial charge is 0.399 e. The molecular formula is C24H50O4S. The molecule has 2 atom stereocenters. The molecule has 0 saturated heterocycles. The first-order valence-electron chi connectivity index (χ1n) is 12.4. The van der Waals surface area contributed by atoms with Crippen LogP contribution in [-0.2, 0) is 18.8 Å². The minimum atomic E-state index is -3.81. The minimum Gasteiger partial charge on any atom is -0.248 e. The van der Waals surface area contributed by atoms with Crippen LogP contribution in [0.1, 0.15) is 130 Å². The predicted molar refractivity (Wildman–Crippen MR) is 124 cm³/mol. The van der Waals surface area contributed by atoms with Crippen molar-refractivity contribution in [1.29, 1.82) is 0 Å². The summed E-state index contributed by atoms with van der Waals surface area (Å²) in [5.74, 6) is 1.68. The van der Waals surface area contributed by atoms with Crippen molar-refractivity contribution in [3.63, 3.8) is 0 Å². The molecule has 0 radical (unpaired) electrons. The average molecular weight is 435 g/mol. The maximum Gasteiger partial charge on any atom is 0.399 e. The highest BCUT2D eigenvalue weighted by molar-refractivity contribution is 7.81. The van der Waals surface area contributed by atoms with Gasteiger partial charge in [0.1, 0.15) is 0 Å². The van der Waals surface area contributed by atoms with Crippen LogP contribution in [0, 0.1) is 11.8 Å². The molecule has 0 amide bonds. The zero-order valence-electron chi connectivity index (χ0n) is 19.9. The third-order valence-corrected chi connectivity index (χ3v) is 6.94. The molecule has 29 heavy (non-hydrogen) atoms. The summed E-state index contributed by atoms with van der Waals surface area (Å²) in [6.07, 6.45) is 18.8. The molecule has 0 aromatic heterocycles. The van der Waals surface area contributed by atoms with E-state index in [1.165, 1.54) is 64.2 Å². The van der Waals surface area contributed by atoms with Gasteiger partial charge in [-0.3, -0.25) is 0 Å². The summed E-state index contributed by atoms with van der Waals surface area (Å²) in [5.41, 5.74) is 0. The van der Waals surface area contributed by atoms with E-state index in [0.29, 0.717) is 0 Å². The van der Waals surface area contributed by atoms with Crippen molar-refractivity contribution in [2.75, 3.05) is 13.2 Å². The molecular weight excluding hydrogens is 384 g/mol. The van der Waals surface area contributed by atoms with Crippen LogP contribution in [0.3, 0.4) is 0 Å². The van der Waals surface area contributed by atoms with Crippen molar-refractivity contribution in [1.82, 2.24) is 0 Å². The van der Waals surface area contributed by atoms with Crippen LogP contribution >= 0.6 is 0 Å². The third-order valence-electron chi connectivity index (χ3n) is 6.03. The monoisotopic (exact) mass is 434 g/mol. The standard InChI is InChI=1S/C24H50O4S/c1-5-23(3)19-15-11-7-9-13-17-21-27-29(25,26)28-22-18-14-10-8-12-16-20-24(4)6-2/h23-24H,5-22H2,1-4H3. The van der Waals surface area contributed by atoms with Gasteiger partial charge >= 0.3 is 10.4 Å². The minimum absolute atomic E-state index is 0.241. The second kappa shape index (κ2) is 19.8. The average Bonchev–Trinajstić information content (AvgIpc) is 2.70. The zero-order chi connectivity index (χ0) is 21.8. The summed E-state index contributed by atoms with van der Waals surface area (Å²) >= 11 is 0. The molecule has 0 aliphatic rings. The molecule has 5 heteroatoms. The second-order valence-electron chi connectivity index (χ2n) is 8.90. The second-order valence-corrected chi connectivity index (χ2v) is 10.2. The van der Waals surface area contributed by atoms with E-state index in [2.05, 4.69) is 27.7 Å². The highest BCUT2D eigenvalue weighted by Crippen LogP contribution is 2.15. The Morgan fingerprint density at radius 2 is 0.862 bits per heavy atom. The van der Waals surface area contributed by atoms with Gasteiger partial charge in [-0.25, -0.2) is 8.37 Å². The molecule has 0 saturated carbocycles. The number of hydrogen-bond donors (Lipinski definition) is 0. The number of unbranched alkanes of at least 4 members (excludes halogenated alkanes) is 10. The van der Waals surface area contributed by atoms with Crippen LogP contribution in [0.2, 0.25) is 0 Å². The van der Waals surface area contributed by atoms with Crippen LogP contribution in [0.25, 0.3) is 0 Å². The van der Waals surface area contributed by atoms with Gasteiger partial charge in [0.2, 0.25) is 0 Å². The first-order chi connectivity index (χ1) is 13.9. The first kappa shape index (κ1) is 28.9. The van der Waals surface area contributed by atoms with Gasteiger partial charge in [-0.2, -0.15) is 8.42 Å². The summed E-state index contributed by atoms with van der Waals surface area (Å²) in [7, 11) is -3.81. The molecule has 0 spiro atoms. The van der Waals surface area contributed by atoms with E-state index < -0.39 is 10.4 Å². The van der Waals surface area contributed by atoms with Gasteiger partial charge in [0.25, 0.3) is 0 Å². The van der Waals surface area contributed by atoms with E-state index in [4.69, 9.17) is 8.37 Å². The maximum absolute atomic E-state index is 11.7. The van der Waals surface area contributed by atoms with E-state index in [1.54, 1.807) is 0 Å². The van der Waals surface area contributed by atoms with Crippen molar-refractivity contribution >= 4 is 10.4 Å². The maximum atomic E-state index is 11.7. The van der Waals surface area contributed by atoms with E-state index in [1.807, 2.05) is 0 Å². The Kier molecular flexibility index (Phi) is 19.7. The lowest BCUT2D eigenvalue weighted by molar-refractivity contribution is 0.208. The zero-order valence-corrected chi connectivity index (χ0v) is 20.7. The smallest absolute Gasteiger partial charge is 0.248 e. The van der Waals surface area contributed by atoms with Gasteiger partial charge in [-0.05, 0) is 24.7 Å². The summed E-state index contributed by atoms with van der Waals surface area (Å²) in [6.45, 7) is 9.61. The first-order valence-corrected chi connectivity index (χ1v) is 13.8. The fourth-order valence-corrected chi connectivity index (χ4v) is 4.08. The van der Waals surface area contributed by atoms with Crippen LogP contribution < -0.4 is 0 Å². The van der Waals surface area contributed by atoms with Crippen molar-refractivity contribution in [2.24, 2.45) is 11.8 Å². The Balaban J connectivity index is 3.41. The highest BCUT2D eigenvalue weighted by atomic mass is 32.3. The van der Waals surface area contributed by atoms with E-state index in [-0.39, 0.29) is 13.2 Å². The normalized spacial score (nSPS) is 14.2. The Morgan fingerprint density at radius 1 is 0.552 bits per heavy atom. The van der Waals surface area contributed by atoms with Gasteiger partial charge in [0, 0.05) is 0 Å². The summed E-state index contributed by atoms with van der Waals surface area (Å²) in [4.78, 5) is 0. The summed E-state index contributed by atoms with van der Waals surface area (Å²) in [6, 6.07) is 0. The van der Waals surface area contributed by atoms with E-state index >= 15 is 0 Å². The highest BCUT2D eigenvalue weighted by Gasteiger charge is 2.11. The molecule has 2 unspecified atom stereocenters. The third kappa shape index (κ3) is 20.9. The Morgan fingerprint density at radius 3 is 1.21 bits per heavy atom. The molecule has 0 bridgehead atoms. The van der Waals surface area contributed by atoms with Crippen LogP contribution in [0.5, 0.6) is 0 Å². The molecule has 4 nitrogen and oxygen atoms in total. The van der Waals surface area contributed by atoms with E-state index in [9.17, 15) is 8.42 Å². The van der Waals surface area contributed by atoms with Crippen LogP contribution in [-0.4, -0.2) is 21.6 Å². The van der Waals surface area contributed by atoms with Crippen molar-refractivity contribution in [3.8, 4) is 0 Å². The fourth-order valence-electron chi connectivity index (χ4n) is 3.37. The van der Waals surface area contributed by atoms with Crippen molar-refractivity contribution < 1.29 is 16.8 Å². The van der Waals surface area contributed by atoms with Gasteiger partial charge in [-0.15, -0.1) is 0 Å². The van der Waals surface area contributed by atoms with Crippen LogP contribution in [0.15, 0.2) is 0 Å². The Labute approximate surface area is 182 Å². The molecule has 0 aliphatic carbocycles. The van der Waals surface area contributed by atoms with Gasteiger partial charge in [0.05, 0.1) is 13.2 Å². The van der Waals surface area contributed by atoms with Gasteiger partial charge in [0.15, 0.2) is 0 Å². The molecule has 0 aromatic rings. The SMILES string of the molecule is CCC(C)CCCCCCCCOS(=O)(=O)OCCCCCCCCC(C)CC. The Hall–Kier alpha value is -0.130. The summed E-state index contributed by atoms with van der Waals surface area (Å²) in [5, 5.41) is 0. The molecule has 0 aliphatic heterocycles. The lowest BCUT2D eigenvalue weighted by Gasteiger charge is -2.08. The molecule has 176 valence electrons. The number of rotatable bonds is 22. The summed E-state index contributed by atoms with van der Waals surface area (Å²) < 4.78 is 33.3. The fraction of sp³-hybridized carbons (Fsp3) is 1.00. The Bertz CT molecular complexity index is 402. The van der Waals surface area contributed by atoms with Gasteiger partial charge < -0.3 is 0 Å². The van der Waals surface area contributed by atoms with Gasteiger partial charge in [-0.1, -0.05) is 118 Å². The molecule has 0 N–H and O–H groups in total. The molecule has 0 aromatic carbocycles. The lowest BCUT2D eigenvalue weighted by atomic mass is 10.00. The quantitative estimate of drug-likeness (QED) is 0.163. The van der Waals surface area contributed by atoms with E-state index in [0.717, 1.165) is 50.4 Å². The predicted octanol–water partition coefficient (Wildman–Crippen LogP) is 7.82. The molecule has 0 heterocycles.